The summed E-state index contributed by atoms with van der Waals surface area (Å²) in [5, 5.41) is 6.76. The van der Waals surface area contributed by atoms with E-state index in [0.29, 0.717) is 12.6 Å². The van der Waals surface area contributed by atoms with Gasteiger partial charge in [0.05, 0.1) is 23.5 Å². The Bertz CT molecular complexity index is 1360. The number of aryl methyl sites for hydroxylation is 1. The molecule has 0 spiro atoms. The molecule has 0 unspecified atom stereocenters. The predicted molar refractivity (Wildman–Crippen MR) is 144 cm³/mol. The van der Waals surface area contributed by atoms with Crippen LogP contribution in [0.5, 0.6) is 5.75 Å². The average molecular weight is 487 g/mol. The number of hydrogen-bond donors (Lipinski definition) is 3. The molecule has 4 N–H and O–H groups in total. The molecule has 0 radical (unpaired) electrons. The van der Waals surface area contributed by atoms with E-state index in [-0.39, 0.29) is 12.1 Å². The van der Waals surface area contributed by atoms with Crippen LogP contribution in [-0.2, 0) is 13.5 Å². The molecule has 2 amide bonds. The Kier molecular flexibility index (Phi) is 6.59. The summed E-state index contributed by atoms with van der Waals surface area (Å²) in [6, 6.07) is 14.3. The third-order valence-corrected chi connectivity index (χ3v) is 6.81. The highest BCUT2D eigenvalue weighted by Crippen LogP contribution is 2.44. The number of amides is 2. The van der Waals surface area contributed by atoms with E-state index < -0.39 is 0 Å². The van der Waals surface area contributed by atoms with Crippen molar-refractivity contribution in [3.8, 4) is 17.0 Å². The van der Waals surface area contributed by atoms with Crippen LogP contribution in [0, 0.1) is 0 Å². The third-order valence-electron chi connectivity index (χ3n) is 6.81. The molecule has 2 heterocycles. The molecule has 0 saturated heterocycles. The van der Waals surface area contributed by atoms with Gasteiger partial charge in [0.2, 0.25) is 0 Å². The first-order chi connectivity index (χ1) is 17.4. The van der Waals surface area contributed by atoms with Gasteiger partial charge in [-0.15, -0.1) is 0 Å². The third kappa shape index (κ3) is 4.76. The molecule has 5 rings (SSSR count). The molecule has 1 saturated carbocycles. The lowest BCUT2D eigenvalue weighted by Gasteiger charge is -2.30. The maximum absolute atomic E-state index is 12.1. The van der Waals surface area contributed by atoms with Crippen molar-refractivity contribution < 1.29 is 9.53 Å². The second kappa shape index (κ2) is 9.97. The molecule has 2 aromatic carbocycles. The van der Waals surface area contributed by atoms with Crippen molar-refractivity contribution in [3.63, 3.8) is 0 Å². The maximum atomic E-state index is 12.1. The van der Waals surface area contributed by atoms with Crippen molar-refractivity contribution >= 4 is 28.3 Å². The maximum Gasteiger partial charge on any atom is 0.319 e. The summed E-state index contributed by atoms with van der Waals surface area (Å²) in [7, 11) is 1.99. The van der Waals surface area contributed by atoms with Crippen LogP contribution in [0.3, 0.4) is 0 Å². The van der Waals surface area contributed by atoms with Crippen LogP contribution in [0.2, 0.25) is 0 Å². The van der Waals surface area contributed by atoms with Gasteiger partial charge in [-0.3, -0.25) is 0 Å². The van der Waals surface area contributed by atoms with Crippen molar-refractivity contribution in [2.75, 3.05) is 17.7 Å². The van der Waals surface area contributed by atoms with Gasteiger partial charge in [0.25, 0.3) is 0 Å². The van der Waals surface area contributed by atoms with Crippen LogP contribution >= 0.6 is 0 Å². The van der Waals surface area contributed by atoms with Crippen molar-refractivity contribution in [2.45, 2.75) is 51.6 Å². The highest BCUT2D eigenvalue weighted by molar-refractivity contribution is 6.02. The van der Waals surface area contributed by atoms with E-state index in [9.17, 15) is 4.79 Å². The molecular formula is C28H34N6O2. The first-order valence-corrected chi connectivity index (χ1v) is 12.6. The predicted octanol–water partition coefficient (Wildman–Crippen LogP) is 5.50. The number of imidazole rings is 1. The Balaban J connectivity index is 1.42. The van der Waals surface area contributed by atoms with Gasteiger partial charge in [0.15, 0.2) is 0 Å². The number of nitrogen functional groups attached to an aromatic ring is 1. The lowest BCUT2D eigenvalue weighted by Crippen LogP contribution is -2.34. The minimum Gasteiger partial charge on any atom is -0.493 e. The Labute approximate surface area is 211 Å². The number of anilines is 2. The fourth-order valence-electron chi connectivity index (χ4n) is 4.76. The highest BCUT2D eigenvalue weighted by atomic mass is 16.5. The number of rotatable bonds is 8. The quantitative estimate of drug-likeness (QED) is 0.306. The van der Waals surface area contributed by atoms with Gasteiger partial charge < -0.3 is 30.2 Å². The zero-order valence-corrected chi connectivity index (χ0v) is 21.1. The van der Waals surface area contributed by atoms with Gasteiger partial charge >= 0.3 is 6.03 Å². The van der Waals surface area contributed by atoms with Gasteiger partial charge in [0.1, 0.15) is 11.6 Å². The van der Waals surface area contributed by atoms with Crippen LogP contribution in [0.1, 0.15) is 45.0 Å². The summed E-state index contributed by atoms with van der Waals surface area (Å²) in [6.07, 6.45) is 7.98. The zero-order chi connectivity index (χ0) is 25.2. The number of nitrogens with two attached hydrogens (primary N) is 1. The number of nitrogens with one attached hydrogen (secondary N) is 2. The topological polar surface area (TPSA) is 99.1 Å². The van der Waals surface area contributed by atoms with Crippen LogP contribution in [0.15, 0.2) is 54.9 Å². The van der Waals surface area contributed by atoms with Crippen LogP contribution in [-0.4, -0.2) is 32.8 Å². The minimum absolute atomic E-state index is 0.0749. The van der Waals surface area contributed by atoms with E-state index >= 15 is 0 Å². The highest BCUT2D eigenvalue weighted by Gasteiger charge is 2.27. The number of carbonyl (C=O) groups excluding carboxylic acids is 1. The van der Waals surface area contributed by atoms with E-state index in [2.05, 4.69) is 32.3 Å². The Morgan fingerprint density at radius 3 is 2.61 bits per heavy atom. The average Bonchev–Trinajstić information content (AvgIpc) is 3.33. The molecule has 188 valence electrons. The molecule has 8 nitrogen and oxygen atoms in total. The second-order valence-corrected chi connectivity index (χ2v) is 9.78. The Morgan fingerprint density at radius 2 is 1.97 bits per heavy atom. The van der Waals surface area contributed by atoms with Crippen molar-refractivity contribution in [1.29, 1.82) is 0 Å². The van der Waals surface area contributed by atoms with E-state index in [4.69, 9.17) is 10.5 Å². The van der Waals surface area contributed by atoms with Gasteiger partial charge in [-0.25, -0.2) is 9.78 Å². The number of nitrogens with zero attached hydrogens (tertiary/aromatic N) is 3. The van der Waals surface area contributed by atoms with E-state index in [0.717, 1.165) is 64.4 Å². The number of urea groups is 1. The summed E-state index contributed by atoms with van der Waals surface area (Å²) in [5.74, 6) is 1.83. The normalized spacial score (nSPS) is 13.7. The van der Waals surface area contributed by atoms with E-state index in [1.807, 2.05) is 62.0 Å². The lowest BCUT2D eigenvalue weighted by molar-refractivity contribution is 0.250. The first kappa shape index (κ1) is 23.8. The zero-order valence-electron chi connectivity index (χ0n) is 21.1. The summed E-state index contributed by atoms with van der Waals surface area (Å²) in [6.45, 7) is 4.42. The van der Waals surface area contributed by atoms with E-state index in [1.54, 1.807) is 6.20 Å². The minimum atomic E-state index is -0.212. The molecule has 1 aliphatic carbocycles. The number of aromatic nitrogens is 3. The summed E-state index contributed by atoms with van der Waals surface area (Å²) in [4.78, 5) is 16.4. The number of ether oxygens (including phenoxy) is 1. The lowest BCUT2D eigenvalue weighted by atomic mass is 9.92. The van der Waals surface area contributed by atoms with Crippen molar-refractivity contribution in [3.05, 3.63) is 60.7 Å². The second-order valence-electron chi connectivity index (χ2n) is 9.78. The largest absolute Gasteiger partial charge is 0.493 e. The van der Waals surface area contributed by atoms with Gasteiger partial charge in [-0.05, 0) is 57.4 Å². The van der Waals surface area contributed by atoms with Crippen LogP contribution < -0.4 is 21.1 Å². The summed E-state index contributed by atoms with van der Waals surface area (Å²) >= 11 is 0. The number of fused-ring (bicyclic) bond motifs is 1. The Hall–Kier alpha value is -3.94. The van der Waals surface area contributed by atoms with Crippen LogP contribution in [0.25, 0.3) is 22.2 Å². The molecule has 1 fully saturated rings. The monoisotopic (exact) mass is 486 g/mol. The fourth-order valence-corrected chi connectivity index (χ4v) is 4.76. The molecule has 0 aliphatic heterocycles. The summed E-state index contributed by atoms with van der Waals surface area (Å²) in [5.41, 5.74) is 11.4. The van der Waals surface area contributed by atoms with Crippen molar-refractivity contribution in [1.82, 2.24) is 19.4 Å². The molecule has 2 aromatic heterocycles. The number of hydrogen-bond acceptors (Lipinski definition) is 4. The first-order valence-electron chi connectivity index (χ1n) is 12.6. The molecule has 1 aliphatic rings. The standard InChI is InChI=1S/C28H34N6O2/c1-18(2)31-28(35)32-20-9-7-19(8-10-20)27-26(29)23-12-11-22(17-24(23)34(27)21-5-4-6-21)36-16-13-25-30-14-15-33(25)3/h7-12,14-15,17-18,21H,4-6,13,16,29H2,1-3H3,(H2,31,32,35). The molecule has 36 heavy (non-hydrogen) atoms. The van der Waals surface area contributed by atoms with E-state index in [1.165, 1.54) is 6.42 Å². The van der Waals surface area contributed by atoms with Gasteiger partial charge in [-0.1, -0.05) is 12.1 Å². The Morgan fingerprint density at radius 1 is 1.19 bits per heavy atom. The molecule has 0 bridgehead atoms. The number of benzene rings is 2. The SMILES string of the molecule is CC(C)NC(=O)Nc1ccc(-c2c(N)c3ccc(OCCc4nccn4C)cc3n2C2CCC2)cc1. The van der Waals surface area contributed by atoms with Crippen molar-refractivity contribution in [2.24, 2.45) is 7.05 Å². The number of carbonyl (C=O) groups is 1. The van der Waals surface area contributed by atoms with Gasteiger partial charge in [-0.2, -0.15) is 0 Å². The summed E-state index contributed by atoms with van der Waals surface area (Å²) < 4.78 is 10.5. The molecule has 8 heteroatoms. The molecule has 0 atom stereocenters. The van der Waals surface area contributed by atoms with Crippen LogP contribution in [0.4, 0.5) is 16.2 Å². The molecular weight excluding hydrogens is 452 g/mol. The molecule has 4 aromatic rings. The smallest absolute Gasteiger partial charge is 0.319 e. The fraction of sp³-hybridized carbons (Fsp3) is 0.357. The van der Waals surface area contributed by atoms with Gasteiger partial charge in [0, 0.05) is 60.6 Å².